The molecule has 0 aliphatic rings. The van der Waals surface area contributed by atoms with Gasteiger partial charge in [0.05, 0.1) is 0 Å². The van der Waals surface area contributed by atoms with Crippen LogP contribution in [-0.4, -0.2) is 15.2 Å². The van der Waals surface area contributed by atoms with Crippen LogP contribution in [0.1, 0.15) is 20.8 Å². The fourth-order valence-corrected chi connectivity index (χ4v) is 1.69. The summed E-state index contributed by atoms with van der Waals surface area (Å²) in [6, 6.07) is 1.89. The summed E-state index contributed by atoms with van der Waals surface area (Å²) >= 11 is 1.73. The molecular formula is C9H15N3S. The lowest BCUT2D eigenvalue weighted by molar-refractivity contribution is 0.641. The predicted molar refractivity (Wildman–Crippen MR) is 56.6 cm³/mol. The highest BCUT2D eigenvalue weighted by Crippen LogP contribution is 2.25. The monoisotopic (exact) mass is 197 g/mol. The van der Waals surface area contributed by atoms with Gasteiger partial charge < -0.3 is 5.73 Å². The second kappa shape index (κ2) is 4.46. The third-order valence-corrected chi connectivity index (χ3v) is 3.28. The van der Waals surface area contributed by atoms with Crippen molar-refractivity contribution in [1.82, 2.24) is 9.97 Å². The zero-order valence-corrected chi connectivity index (χ0v) is 9.01. The van der Waals surface area contributed by atoms with Gasteiger partial charge in [-0.15, -0.1) is 11.8 Å². The minimum Gasteiger partial charge on any atom is -0.368 e. The Balaban J connectivity index is 2.64. The Morgan fingerprint density at radius 2 is 2.08 bits per heavy atom. The van der Waals surface area contributed by atoms with Gasteiger partial charge in [-0.1, -0.05) is 20.8 Å². The van der Waals surface area contributed by atoms with Gasteiger partial charge >= 0.3 is 0 Å². The Kier molecular flexibility index (Phi) is 3.54. The molecule has 1 heterocycles. The Morgan fingerprint density at radius 3 is 2.62 bits per heavy atom. The van der Waals surface area contributed by atoms with E-state index in [4.69, 9.17) is 5.73 Å². The molecule has 2 N–H and O–H groups in total. The third kappa shape index (κ3) is 3.22. The number of aromatic nitrogens is 2. The predicted octanol–water partition coefficient (Wildman–Crippen LogP) is 2.20. The average Bonchev–Trinajstić information content (AvgIpc) is 2.04. The average molecular weight is 197 g/mol. The summed E-state index contributed by atoms with van der Waals surface area (Å²) in [5, 5.41) is 1.50. The number of hydrogen-bond acceptors (Lipinski definition) is 4. The number of nitrogens with two attached hydrogens (primary N) is 1. The molecule has 1 rings (SSSR count). The van der Waals surface area contributed by atoms with E-state index in [-0.39, 0.29) is 0 Å². The minimum atomic E-state index is 0.348. The van der Waals surface area contributed by atoms with E-state index >= 15 is 0 Å². The summed E-state index contributed by atoms with van der Waals surface area (Å²) in [5.74, 6) is 0.988. The molecule has 0 radical (unpaired) electrons. The Hall–Kier alpha value is -0.770. The van der Waals surface area contributed by atoms with Gasteiger partial charge in [-0.3, -0.25) is 0 Å². The van der Waals surface area contributed by atoms with E-state index in [9.17, 15) is 0 Å². The van der Waals surface area contributed by atoms with Crippen LogP contribution in [0.2, 0.25) is 0 Å². The zero-order chi connectivity index (χ0) is 9.84. The van der Waals surface area contributed by atoms with Gasteiger partial charge in [0.2, 0.25) is 5.95 Å². The molecule has 72 valence electrons. The van der Waals surface area contributed by atoms with E-state index in [0.29, 0.717) is 17.1 Å². The SMILES string of the molecule is CC(C)C(C)Sc1ccnc(N)n1. The number of anilines is 1. The van der Waals surface area contributed by atoms with Gasteiger partial charge in [-0.2, -0.15) is 0 Å². The Bertz CT molecular complexity index is 275. The van der Waals surface area contributed by atoms with Crippen molar-refractivity contribution in [2.75, 3.05) is 5.73 Å². The van der Waals surface area contributed by atoms with Crippen LogP contribution in [0.4, 0.5) is 5.95 Å². The summed E-state index contributed by atoms with van der Waals surface area (Å²) in [4.78, 5) is 7.97. The van der Waals surface area contributed by atoms with Crippen LogP contribution < -0.4 is 5.73 Å². The van der Waals surface area contributed by atoms with Gasteiger partial charge in [0, 0.05) is 11.4 Å². The van der Waals surface area contributed by atoms with Crippen LogP contribution in [-0.2, 0) is 0 Å². The molecule has 1 aromatic heterocycles. The summed E-state index contributed by atoms with van der Waals surface area (Å²) in [7, 11) is 0. The molecule has 0 saturated carbocycles. The van der Waals surface area contributed by atoms with Gasteiger partial charge in [-0.25, -0.2) is 9.97 Å². The lowest BCUT2D eigenvalue weighted by atomic mass is 10.2. The summed E-state index contributed by atoms with van der Waals surface area (Å²) < 4.78 is 0. The Labute approximate surface area is 83.2 Å². The molecule has 0 fully saturated rings. The molecule has 0 amide bonds. The zero-order valence-electron chi connectivity index (χ0n) is 8.19. The summed E-state index contributed by atoms with van der Waals surface area (Å²) in [6.07, 6.45) is 1.69. The molecule has 1 aromatic rings. The molecular weight excluding hydrogens is 182 g/mol. The fraction of sp³-hybridized carbons (Fsp3) is 0.556. The van der Waals surface area contributed by atoms with Crippen molar-refractivity contribution in [2.45, 2.75) is 31.0 Å². The van der Waals surface area contributed by atoms with E-state index in [1.54, 1.807) is 18.0 Å². The second-order valence-electron chi connectivity index (χ2n) is 3.32. The van der Waals surface area contributed by atoms with Crippen molar-refractivity contribution < 1.29 is 0 Å². The molecule has 4 heteroatoms. The highest BCUT2D eigenvalue weighted by molar-refractivity contribution is 7.99. The van der Waals surface area contributed by atoms with E-state index < -0.39 is 0 Å². The maximum Gasteiger partial charge on any atom is 0.221 e. The molecule has 13 heavy (non-hydrogen) atoms. The van der Waals surface area contributed by atoms with E-state index in [0.717, 1.165) is 5.03 Å². The maximum absolute atomic E-state index is 5.47. The van der Waals surface area contributed by atoms with Crippen LogP contribution in [0.5, 0.6) is 0 Å². The van der Waals surface area contributed by atoms with Crippen LogP contribution in [0.15, 0.2) is 17.3 Å². The van der Waals surface area contributed by atoms with Crippen molar-refractivity contribution in [3.8, 4) is 0 Å². The molecule has 0 aromatic carbocycles. The van der Waals surface area contributed by atoms with Crippen molar-refractivity contribution >= 4 is 17.7 Å². The largest absolute Gasteiger partial charge is 0.368 e. The lowest BCUT2D eigenvalue weighted by Gasteiger charge is -2.13. The molecule has 1 atom stereocenters. The highest BCUT2D eigenvalue weighted by atomic mass is 32.2. The van der Waals surface area contributed by atoms with Gasteiger partial charge in [0.25, 0.3) is 0 Å². The molecule has 3 nitrogen and oxygen atoms in total. The summed E-state index contributed by atoms with van der Waals surface area (Å²) in [6.45, 7) is 6.58. The van der Waals surface area contributed by atoms with Crippen molar-refractivity contribution in [3.05, 3.63) is 12.3 Å². The maximum atomic E-state index is 5.47. The first-order valence-electron chi connectivity index (χ1n) is 4.34. The molecule has 0 bridgehead atoms. The molecule has 0 spiro atoms. The van der Waals surface area contributed by atoms with Crippen LogP contribution >= 0.6 is 11.8 Å². The standard InChI is InChI=1S/C9H15N3S/c1-6(2)7(3)13-8-4-5-11-9(10)12-8/h4-7H,1-3H3,(H2,10,11,12). The minimum absolute atomic E-state index is 0.348. The first-order valence-corrected chi connectivity index (χ1v) is 5.22. The first-order chi connectivity index (χ1) is 6.09. The van der Waals surface area contributed by atoms with E-state index in [1.807, 2.05) is 6.07 Å². The van der Waals surface area contributed by atoms with Crippen molar-refractivity contribution in [3.63, 3.8) is 0 Å². The van der Waals surface area contributed by atoms with Crippen LogP contribution in [0.3, 0.4) is 0 Å². The molecule has 1 unspecified atom stereocenters. The molecule has 0 saturated heterocycles. The van der Waals surface area contributed by atoms with Crippen molar-refractivity contribution in [2.24, 2.45) is 5.92 Å². The molecule has 0 aliphatic carbocycles. The molecule has 0 aliphatic heterocycles. The van der Waals surface area contributed by atoms with E-state index in [2.05, 4.69) is 30.7 Å². The van der Waals surface area contributed by atoms with Crippen molar-refractivity contribution in [1.29, 1.82) is 0 Å². The van der Waals surface area contributed by atoms with Gasteiger partial charge in [-0.05, 0) is 12.0 Å². The van der Waals surface area contributed by atoms with Crippen LogP contribution in [0, 0.1) is 5.92 Å². The Morgan fingerprint density at radius 1 is 1.38 bits per heavy atom. The number of nitrogen functional groups attached to an aromatic ring is 1. The second-order valence-corrected chi connectivity index (χ2v) is 4.72. The van der Waals surface area contributed by atoms with E-state index in [1.165, 1.54) is 0 Å². The fourth-order valence-electron chi connectivity index (χ4n) is 0.749. The third-order valence-electron chi connectivity index (χ3n) is 1.89. The number of hydrogen-bond donors (Lipinski definition) is 1. The smallest absolute Gasteiger partial charge is 0.221 e. The number of nitrogens with zero attached hydrogens (tertiary/aromatic N) is 2. The van der Waals surface area contributed by atoms with Crippen LogP contribution in [0.25, 0.3) is 0 Å². The normalized spacial score (nSPS) is 13.2. The topological polar surface area (TPSA) is 51.8 Å². The van der Waals surface area contributed by atoms with Gasteiger partial charge in [0.15, 0.2) is 0 Å². The first kappa shape index (κ1) is 10.3. The lowest BCUT2D eigenvalue weighted by Crippen LogP contribution is -2.06. The summed E-state index contributed by atoms with van der Waals surface area (Å²) in [5.41, 5.74) is 5.47. The quantitative estimate of drug-likeness (QED) is 0.596. The highest BCUT2D eigenvalue weighted by Gasteiger charge is 2.09. The number of thioether (sulfide) groups is 1. The number of rotatable bonds is 3. The van der Waals surface area contributed by atoms with Gasteiger partial charge in [0.1, 0.15) is 5.03 Å².